The van der Waals surface area contributed by atoms with Crippen LogP contribution in [0.5, 0.6) is 17.2 Å². The first-order valence-corrected chi connectivity index (χ1v) is 12.1. The number of ether oxygens (including phenoxy) is 3. The number of hydrogen-bond donors (Lipinski definition) is 4. The van der Waals surface area contributed by atoms with Crippen molar-refractivity contribution in [3.63, 3.8) is 0 Å². The van der Waals surface area contributed by atoms with Gasteiger partial charge in [0.25, 0.3) is 0 Å². The summed E-state index contributed by atoms with van der Waals surface area (Å²) in [5, 5.41) is 15.0. The first kappa shape index (κ1) is 24.2. The highest BCUT2D eigenvalue weighted by atomic mass is 35.5. The van der Waals surface area contributed by atoms with Crippen LogP contribution in [0.1, 0.15) is 35.8 Å². The van der Waals surface area contributed by atoms with Crippen molar-refractivity contribution in [2.75, 3.05) is 21.3 Å². The SMILES string of the molecule is COc1cc([C@H]2CC(=O)C3=C(C2)NC2NNC(O)C2[C@@H]3c2cccc(Cl)c2Cl)cc(OC)c1OC. The monoisotopic (exact) mass is 519 g/mol. The molecule has 1 fully saturated rings. The van der Waals surface area contributed by atoms with Crippen LogP contribution in [-0.4, -0.2) is 44.6 Å². The molecule has 0 radical (unpaired) electrons. The third-order valence-corrected chi connectivity index (χ3v) is 7.98. The van der Waals surface area contributed by atoms with E-state index in [0.717, 1.165) is 16.8 Å². The van der Waals surface area contributed by atoms with Gasteiger partial charge in [-0.05, 0) is 41.7 Å². The molecule has 0 amide bonds. The summed E-state index contributed by atoms with van der Waals surface area (Å²) < 4.78 is 16.5. The summed E-state index contributed by atoms with van der Waals surface area (Å²) in [6.07, 6.45) is -0.282. The van der Waals surface area contributed by atoms with E-state index in [4.69, 9.17) is 37.4 Å². The lowest BCUT2D eigenvalue weighted by molar-refractivity contribution is -0.117. The van der Waals surface area contributed by atoms with Gasteiger partial charge in [-0.2, -0.15) is 0 Å². The average Bonchev–Trinajstić information content (AvgIpc) is 3.23. The minimum Gasteiger partial charge on any atom is -0.493 e. The number of halogens is 2. The zero-order chi connectivity index (χ0) is 24.9. The second kappa shape index (κ2) is 9.52. The van der Waals surface area contributed by atoms with Crippen LogP contribution in [0.2, 0.25) is 10.0 Å². The third kappa shape index (κ3) is 4.03. The number of rotatable bonds is 5. The summed E-state index contributed by atoms with van der Waals surface area (Å²) in [7, 11) is 4.70. The Balaban J connectivity index is 1.59. The van der Waals surface area contributed by atoms with Crippen molar-refractivity contribution in [3.05, 3.63) is 62.8 Å². The number of ketones is 1. The fourth-order valence-electron chi connectivity index (χ4n) is 5.56. The second-order valence-corrected chi connectivity index (χ2v) is 9.72. The molecule has 5 atom stereocenters. The zero-order valence-electron chi connectivity index (χ0n) is 19.5. The maximum absolute atomic E-state index is 13.7. The number of fused-ring (bicyclic) bond motifs is 1. The molecule has 0 saturated carbocycles. The Kier molecular flexibility index (Phi) is 6.59. The molecule has 4 N–H and O–H groups in total. The minimum atomic E-state index is -0.873. The fourth-order valence-corrected chi connectivity index (χ4v) is 5.99. The molecule has 3 unspecified atom stereocenters. The Morgan fingerprint density at radius 3 is 2.37 bits per heavy atom. The van der Waals surface area contributed by atoms with Gasteiger partial charge in [-0.3, -0.25) is 4.79 Å². The zero-order valence-corrected chi connectivity index (χ0v) is 21.0. The van der Waals surface area contributed by atoms with Gasteiger partial charge in [0.1, 0.15) is 6.23 Å². The lowest BCUT2D eigenvalue weighted by Gasteiger charge is -2.42. The van der Waals surface area contributed by atoms with Crippen molar-refractivity contribution in [1.82, 2.24) is 16.2 Å². The topological polar surface area (TPSA) is 101 Å². The van der Waals surface area contributed by atoms with Crippen LogP contribution in [0.25, 0.3) is 0 Å². The fraction of sp³-hybridized carbons (Fsp3) is 0.400. The summed E-state index contributed by atoms with van der Waals surface area (Å²) in [6.45, 7) is 0. The van der Waals surface area contributed by atoms with Gasteiger partial charge in [0.05, 0.1) is 37.5 Å². The number of hydrogen-bond acceptors (Lipinski definition) is 8. The quantitative estimate of drug-likeness (QED) is 0.476. The number of Topliss-reactive ketones (excluding diaryl/α,β-unsaturated/α-hetero) is 1. The van der Waals surface area contributed by atoms with Crippen molar-refractivity contribution in [2.45, 2.75) is 37.1 Å². The first-order chi connectivity index (χ1) is 16.9. The van der Waals surface area contributed by atoms with E-state index in [2.05, 4.69) is 16.2 Å². The highest BCUT2D eigenvalue weighted by Gasteiger charge is 2.50. The Morgan fingerprint density at radius 1 is 1.00 bits per heavy atom. The van der Waals surface area contributed by atoms with E-state index in [1.165, 1.54) is 0 Å². The van der Waals surface area contributed by atoms with Gasteiger partial charge in [0, 0.05) is 29.5 Å². The van der Waals surface area contributed by atoms with Crippen LogP contribution in [0.15, 0.2) is 41.6 Å². The predicted molar refractivity (Wildman–Crippen MR) is 132 cm³/mol. The Hall–Kier alpha value is -2.49. The summed E-state index contributed by atoms with van der Waals surface area (Å²) in [4.78, 5) is 13.7. The van der Waals surface area contributed by atoms with Crippen LogP contribution in [0.3, 0.4) is 0 Å². The van der Waals surface area contributed by atoms with Crippen LogP contribution in [0.4, 0.5) is 0 Å². The maximum atomic E-state index is 13.7. The summed E-state index contributed by atoms with van der Waals surface area (Å²) in [5.74, 6) is 0.702. The number of aliphatic hydroxyl groups is 1. The van der Waals surface area contributed by atoms with Crippen molar-refractivity contribution in [2.24, 2.45) is 5.92 Å². The Bertz CT molecular complexity index is 1180. The van der Waals surface area contributed by atoms with E-state index in [0.29, 0.717) is 45.7 Å². The van der Waals surface area contributed by atoms with Crippen LogP contribution < -0.4 is 30.4 Å². The van der Waals surface area contributed by atoms with Gasteiger partial charge in [-0.1, -0.05) is 35.3 Å². The molecule has 2 heterocycles. The molecule has 35 heavy (non-hydrogen) atoms. The van der Waals surface area contributed by atoms with Crippen molar-refractivity contribution in [1.29, 1.82) is 0 Å². The minimum absolute atomic E-state index is 0.00362. The molecule has 0 aromatic heterocycles. The Morgan fingerprint density at radius 2 is 1.71 bits per heavy atom. The highest BCUT2D eigenvalue weighted by Crippen LogP contribution is 2.50. The van der Waals surface area contributed by atoms with Crippen LogP contribution in [0, 0.1) is 5.92 Å². The molecular formula is C25H27Cl2N3O5. The highest BCUT2D eigenvalue weighted by molar-refractivity contribution is 6.42. The predicted octanol–water partition coefficient (Wildman–Crippen LogP) is 3.48. The Labute approximate surface area is 213 Å². The summed E-state index contributed by atoms with van der Waals surface area (Å²) in [5.41, 5.74) is 9.11. The molecule has 0 spiro atoms. The van der Waals surface area contributed by atoms with E-state index >= 15 is 0 Å². The van der Waals surface area contributed by atoms with Gasteiger partial charge in [-0.25, -0.2) is 10.9 Å². The normalized spacial score (nSPS) is 27.7. The number of carbonyl (C=O) groups excluding carboxylic acids is 1. The van der Waals surface area contributed by atoms with Crippen LogP contribution >= 0.6 is 23.2 Å². The molecule has 2 aliphatic heterocycles. The van der Waals surface area contributed by atoms with Crippen molar-refractivity contribution < 1.29 is 24.1 Å². The number of benzene rings is 2. The van der Waals surface area contributed by atoms with Crippen molar-refractivity contribution >= 4 is 29.0 Å². The molecule has 2 aromatic carbocycles. The number of nitrogens with one attached hydrogen (secondary N) is 3. The van der Waals surface area contributed by atoms with Gasteiger partial charge in [-0.15, -0.1) is 0 Å². The molecule has 10 heteroatoms. The molecule has 186 valence electrons. The summed E-state index contributed by atoms with van der Waals surface area (Å²) >= 11 is 12.9. The first-order valence-electron chi connectivity index (χ1n) is 11.3. The largest absolute Gasteiger partial charge is 0.493 e. The molecule has 0 bridgehead atoms. The van der Waals surface area contributed by atoms with Gasteiger partial charge in [0.15, 0.2) is 17.3 Å². The molecular weight excluding hydrogens is 493 g/mol. The molecule has 2 aromatic rings. The van der Waals surface area contributed by atoms with Gasteiger partial charge in [0.2, 0.25) is 5.75 Å². The number of allylic oxidation sites excluding steroid dienone is 2. The summed E-state index contributed by atoms with van der Waals surface area (Å²) in [6, 6.07) is 9.18. The van der Waals surface area contributed by atoms with Crippen molar-refractivity contribution in [3.8, 4) is 17.2 Å². The molecule has 3 aliphatic rings. The van der Waals surface area contributed by atoms with E-state index < -0.39 is 12.1 Å². The van der Waals surface area contributed by atoms with E-state index in [9.17, 15) is 9.90 Å². The third-order valence-electron chi connectivity index (χ3n) is 7.14. The van der Waals surface area contributed by atoms with Gasteiger partial charge >= 0.3 is 0 Å². The molecule has 5 rings (SSSR count). The molecule has 8 nitrogen and oxygen atoms in total. The average molecular weight is 520 g/mol. The van der Waals surface area contributed by atoms with E-state index in [1.807, 2.05) is 24.3 Å². The molecule has 1 aliphatic carbocycles. The standard InChI is InChI=1S/C25H27Cl2N3O5/c1-33-17-9-12(10-18(34-2)23(17)35-3)11-7-15-20(16(31)8-11)19(13-5-4-6-14(26)22(13)27)21-24(28-15)29-30-25(21)32/h4-6,9-11,19,21,24-25,28-30,32H,7-8H2,1-3H3/t11-,19-,21?,24?,25?/m1/s1. The smallest absolute Gasteiger partial charge is 0.203 e. The van der Waals surface area contributed by atoms with E-state index in [1.54, 1.807) is 27.4 Å². The van der Waals surface area contributed by atoms with Crippen LogP contribution in [-0.2, 0) is 4.79 Å². The number of aliphatic hydroxyl groups excluding tert-OH is 1. The van der Waals surface area contributed by atoms with E-state index in [-0.39, 0.29) is 23.8 Å². The van der Waals surface area contributed by atoms with Gasteiger partial charge < -0.3 is 24.6 Å². The second-order valence-electron chi connectivity index (χ2n) is 8.93. The maximum Gasteiger partial charge on any atom is 0.203 e. The lowest BCUT2D eigenvalue weighted by atomic mass is 9.68. The molecule has 1 saturated heterocycles. The number of hydrazine groups is 1. The number of methoxy groups -OCH3 is 3. The lowest BCUT2D eigenvalue weighted by Crippen LogP contribution is -2.51. The number of carbonyl (C=O) groups is 1.